The zero-order chi connectivity index (χ0) is 9.52. The van der Waals surface area contributed by atoms with Crippen molar-refractivity contribution in [1.82, 2.24) is 0 Å². The Kier molecular flexibility index (Phi) is 4.76. The van der Waals surface area contributed by atoms with Crippen LogP contribution >= 0.6 is 11.8 Å². The van der Waals surface area contributed by atoms with Gasteiger partial charge in [0.25, 0.3) is 0 Å². The molecule has 2 heteroatoms. The zero-order valence-electron chi connectivity index (χ0n) is 8.25. The number of rotatable bonds is 5. The van der Waals surface area contributed by atoms with Gasteiger partial charge >= 0.3 is 0 Å². The van der Waals surface area contributed by atoms with Crippen molar-refractivity contribution in [3.63, 3.8) is 0 Å². The van der Waals surface area contributed by atoms with Crippen LogP contribution in [0.3, 0.4) is 0 Å². The maximum Gasteiger partial charge on any atom is 0.132 e. The van der Waals surface area contributed by atoms with Crippen LogP contribution in [-0.2, 0) is 0 Å². The summed E-state index contributed by atoms with van der Waals surface area (Å²) in [6.45, 7) is 3.00. The van der Waals surface area contributed by atoms with Gasteiger partial charge in [-0.3, -0.25) is 0 Å². The Hall–Kier alpha value is -0.630. The number of unbranched alkanes of at least 4 members (excludes halogenated alkanes) is 1. The number of ether oxygens (including phenoxy) is 1. The molecule has 1 nitrogen and oxygen atoms in total. The SMILES string of the molecule is CCCCOc1ccccc1SC. The maximum atomic E-state index is 5.65. The highest BCUT2D eigenvalue weighted by Crippen LogP contribution is 2.26. The van der Waals surface area contributed by atoms with Crippen LogP contribution in [0, 0.1) is 0 Å². The number of hydrogen-bond donors (Lipinski definition) is 0. The Balaban J connectivity index is 2.54. The predicted octanol–water partition coefficient (Wildman–Crippen LogP) is 3.59. The molecular weight excluding hydrogens is 180 g/mol. The molecule has 0 spiro atoms. The second-order valence-corrected chi connectivity index (χ2v) is 3.70. The minimum absolute atomic E-state index is 0.827. The molecule has 72 valence electrons. The molecule has 1 aromatic carbocycles. The molecule has 0 atom stereocenters. The van der Waals surface area contributed by atoms with Gasteiger partial charge in [-0.15, -0.1) is 11.8 Å². The van der Waals surface area contributed by atoms with Crippen LogP contribution in [0.1, 0.15) is 19.8 Å². The largest absolute Gasteiger partial charge is 0.492 e. The van der Waals surface area contributed by atoms with Crippen LogP contribution in [-0.4, -0.2) is 12.9 Å². The van der Waals surface area contributed by atoms with Crippen LogP contribution < -0.4 is 4.74 Å². The topological polar surface area (TPSA) is 9.23 Å². The molecule has 0 amide bonds. The van der Waals surface area contributed by atoms with Gasteiger partial charge in [-0.1, -0.05) is 25.5 Å². The summed E-state index contributed by atoms with van der Waals surface area (Å²) in [5, 5.41) is 0. The summed E-state index contributed by atoms with van der Waals surface area (Å²) in [6.07, 6.45) is 4.38. The van der Waals surface area contributed by atoms with Gasteiger partial charge in [0.1, 0.15) is 5.75 Å². The van der Waals surface area contributed by atoms with Crippen LogP contribution in [0.2, 0.25) is 0 Å². The van der Waals surface area contributed by atoms with E-state index in [9.17, 15) is 0 Å². The van der Waals surface area contributed by atoms with E-state index in [1.165, 1.54) is 11.3 Å². The third-order valence-corrected chi connectivity index (χ3v) is 2.60. The van der Waals surface area contributed by atoms with Crippen molar-refractivity contribution in [2.75, 3.05) is 12.9 Å². The second-order valence-electron chi connectivity index (χ2n) is 2.85. The van der Waals surface area contributed by atoms with Crippen LogP contribution in [0.25, 0.3) is 0 Å². The van der Waals surface area contributed by atoms with Crippen LogP contribution in [0.15, 0.2) is 29.2 Å². The van der Waals surface area contributed by atoms with Gasteiger partial charge in [-0.25, -0.2) is 0 Å². The molecule has 0 fully saturated rings. The van der Waals surface area contributed by atoms with Gasteiger partial charge < -0.3 is 4.74 Å². The van der Waals surface area contributed by atoms with Crippen molar-refractivity contribution in [3.8, 4) is 5.75 Å². The molecule has 0 N–H and O–H groups in total. The number of thioether (sulfide) groups is 1. The van der Waals surface area contributed by atoms with E-state index in [1.807, 2.05) is 18.2 Å². The molecule has 0 radical (unpaired) electrons. The molecule has 0 aromatic heterocycles. The van der Waals surface area contributed by atoms with Crippen molar-refractivity contribution < 1.29 is 4.74 Å². The lowest BCUT2D eigenvalue weighted by atomic mass is 10.3. The van der Waals surface area contributed by atoms with E-state index in [0.717, 1.165) is 18.8 Å². The highest BCUT2D eigenvalue weighted by Gasteiger charge is 1.99. The second kappa shape index (κ2) is 5.92. The summed E-state index contributed by atoms with van der Waals surface area (Å²) < 4.78 is 5.65. The number of hydrogen-bond acceptors (Lipinski definition) is 2. The third kappa shape index (κ3) is 3.31. The Morgan fingerprint density at radius 2 is 2.08 bits per heavy atom. The van der Waals surface area contributed by atoms with Crippen LogP contribution in [0.5, 0.6) is 5.75 Å². The molecule has 0 bridgehead atoms. The Bertz CT molecular complexity index is 248. The number of para-hydroxylation sites is 1. The van der Waals surface area contributed by atoms with Gasteiger partial charge in [-0.05, 0) is 24.8 Å². The van der Waals surface area contributed by atoms with Crippen LogP contribution in [0.4, 0.5) is 0 Å². The Labute approximate surface area is 84.5 Å². The monoisotopic (exact) mass is 196 g/mol. The molecular formula is C11H16OS. The van der Waals surface area contributed by atoms with Crippen molar-refractivity contribution in [2.45, 2.75) is 24.7 Å². The summed E-state index contributed by atoms with van der Waals surface area (Å²) in [5.41, 5.74) is 0. The van der Waals surface area contributed by atoms with E-state index in [-0.39, 0.29) is 0 Å². The highest BCUT2D eigenvalue weighted by atomic mass is 32.2. The number of benzene rings is 1. The average molecular weight is 196 g/mol. The standard InChI is InChI=1S/C11H16OS/c1-3-4-9-12-10-7-5-6-8-11(10)13-2/h5-8H,3-4,9H2,1-2H3. The molecule has 1 aromatic rings. The van der Waals surface area contributed by atoms with E-state index in [2.05, 4.69) is 19.2 Å². The Morgan fingerprint density at radius 1 is 1.31 bits per heavy atom. The maximum absolute atomic E-state index is 5.65. The molecule has 0 aliphatic carbocycles. The lowest BCUT2D eigenvalue weighted by Gasteiger charge is -2.08. The van der Waals surface area contributed by atoms with Crippen molar-refractivity contribution in [1.29, 1.82) is 0 Å². The molecule has 0 saturated carbocycles. The smallest absolute Gasteiger partial charge is 0.132 e. The van der Waals surface area contributed by atoms with E-state index >= 15 is 0 Å². The molecule has 0 heterocycles. The Morgan fingerprint density at radius 3 is 2.77 bits per heavy atom. The minimum atomic E-state index is 0.827. The summed E-state index contributed by atoms with van der Waals surface area (Å²) >= 11 is 1.73. The van der Waals surface area contributed by atoms with E-state index < -0.39 is 0 Å². The predicted molar refractivity (Wildman–Crippen MR) is 58.6 cm³/mol. The molecule has 1 rings (SSSR count). The third-order valence-electron chi connectivity index (χ3n) is 1.82. The van der Waals surface area contributed by atoms with Gasteiger partial charge in [0.05, 0.1) is 6.61 Å². The molecule has 0 aliphatic rings. The summed E-state index contributed by atoms with van der Waals surface area (Å²) in [6, 6.07) is 8.17. The van der Waals surface area contributed by atoms with Gasteiger partial charge in [-0.2, -0.15) is 0 Å². The van der Waals surface area contributed by atoms with Crippen molar-refractivity contribution in [3.05, 3.63) is 24.3 Å². The fourth-order valence-electron chi connectivity index (χ4n) is 1.06. The highest BCUT2D eigenvalue weighted by molar-refractivity contribution is 7.98. The van der Waals surface area contributed by atoms with Gasteiger partial charge in [0.2, 0.25) is 0 Å². The molecule has 0 saturated heterocycles. The first-order chi connectivity index (χ1) is 6.38. The van der Waals surface area contributed by atoms with Gasteiger partial charge in [0.15, 0.2) is 0 Å². The first-order valence-electron chi connectivity index (χ1n) is 4.64. The zero-order valence-corrected chi connectivity index (χ0v) is 9.06. The quantitative estimate of drug-likeness (QED) is 0.526. The van der Waals surface area contributed by atoms with E-state index in [1.54, 1.807) is 11.8 Å². The van der Waals surface area contributed by atoms with Gasteiger partial charge in [0, 0.05) is 4.90 Å². The fourth-order valence-corrected chi connectivity index (χ4v) is 1.61. The lowest BCUT2D eigenvalue weighted by Crippen LogP contribution is -1.97. The summed E-state index contributed by atoms with van der Waals surface area (Å²) in [4.78, 5) is 1.22. The fraction of sp³-hybridized carbons (Fsp3) is 0.455. The van der Waals surface area contributed by atoms with Crippen molar-refractivity contribution in [2.24, 2.45) is 0 Å². The van der Waals surface area contributed by atoms with E-state index in [4.69, 9.17) is 4.74 Å². The average Bonchev–Trinajstić information content (AvgIpc) is 2.19. The summed E-state index contributed by atoms with van der Waals surface area (Å²) in [7, 11) is 0. The lowest BCUT2D eigenvalue weighted by molar-refractivity contribution is 0.302. The minimum Gasteiger partial charge on any atom is -0.492 e. The normalized spacial score (nSPS) is 10.0. The first kappa shape index (κ1) is 10.5. The van der Waals surface area contributed by atoms with E-state index in [0.29, 0.717) is 0 Å². The molecule has 0 unspecified atom stereocenters. The molecule has 13 heavy (non-hydrogen) atoms. The molecule has 0 aliphatic heterocycles. The first-order valence-corrected chi connectivity index (χ1v) is 5.86. The summed E-state index contributed by atoms with van der Waals surface area (Å²) in [5.74, 6) is 1.02. The van der Waals surface area contributed by atoms with Crippen molar-refractivity contribution >= 4 is 11.8 Å².